The molecular weight excluding hydrogens is 319 g/mol. The lowest BCUT2D eigenvalue weighted by molar-refractivity contribution is -0.131. The minimum absolute atomic E-state index is 0.0412. The molecule has 4 nitrogen and oxygen atoms in total. The van der Waals surface area contributed by atoms with Crippen molar-refractivity contribution in [2.75, 3.05) is 13.1 Å². The van der Waals surface area contributed by atoms with E-state index >= 15 is 0 Å². The standard InChI is InChI=1S/C20H21FN2O2/c21-17-8-6-15(7-9-17)14-19(24)23-12-10-18(11-13-23)22-20(25)16-4-2-1-3-5-16/h1-9,18H,10-14H2,(H,22,25). The molecule has 1 aliphatic rings. The molecule has 2 aromatic rings. The van der Waals surface area contributed by atoms with Crippen LogP contribution in [0, 0.1) is 5.82 Å². The van der Waals surface area contributed by atoms with Crippen LogP contribution in [0.4, 0.5) is 4.39 Å². The third-order valence-corrected chi connectivity index (χ3v) is 4.49. The summed E-state index contributed by atoms with van der Waals surface area (Å²) in [6.07, 6.45) is 1.77. The number of likely N-dealkylation sites (tertiary alicyclic amines) is 1. The lowest BCUT2D eigenvalue weighted by Crippen LogP contribution is -2.46. The predicted octanol–water partition coefficient (Wildman–Crippen LogP) is 2.79. The van der Waals surface area contributed by atoms with E-state index < -0.39 is 0 Å². The monoisotopic (exact) mass is 340 g/mol. The van der Waals surface area contributed by atoms with Crippen LogP contribution < -0.4 is 5.32 Å². The average molecular weight is 340 g/mol. The number of hydrogen-bond acceptors (Lipinski definition) is 2. The smallest absolute Gasteiger partial charge is 0.251 e. The number of hydrogen-bond donors (Lipinski definition) is 1. The molecular formula is C20H21FN2O2. The molecule has 1 N–H and O–H groups in total. The van der Waals surface area contributed by atoms with Gasteiger partial charge in [0.05, 0.1) is 6.42 Å². The molecule has 2 aromatic carbocycles. The Balaban J connectivity index is 1.47. The minimum atomic E-state index is -0.300. The van der Waals surface area contributed by atoms with Crippen LogP contribution in [-0.4, -0.2) is 35.8 Å². The number of carbonyl (C=O) groups excluding carboxylic acids is 2. The van der Waals surface area contributed by atoms with Crippen LogP contribution in [0.15, 0.2) is 54.6 Å². The van der Waals surface area contributed by atoms with Gasteiger partial charge in [-0.3, -0.25) is 9.59 Å². The van der Waals surface area contributed by atoms with Crippen LogP contribution in [-0.2, 0) is 11.2 Å². The van der Waals surface area contributed by atoms with E-state index in [4.69, 9.17) is 0 Å². The van der Waals surface area contributed by atoms with Crippen LogP contribution >= 0.6 is 0 Å². The topological polar surface area (TPSA) is 49.4 Å². The van der Waals surface area contributed by atoms with Gasteiger partial charge in [0.25, 0.3) is 5.91 Å². The Bertz CT molecular complexity index is 723. The predicted molar refractivity (Wildman–Crippen MR) is 93.6 cm³/mol. The van der Waals surface area contributed by atoms with Gasteiger partial charge in [0, 0.05) is 24.7 Å². The number of nitrogens with one attached hydrogen (secondary N) is 1. The quantitative estimate of drug-likeness (QED) is 0.930. The van der Waals surface area contributed by atoms with Gasteiger partial charge < -0.3 is 10.2 Å². The van der Waals surface area contributed by atoms with E-state index in [0.717, 1.165) is 18.4 Å². The van der Waals surface area contributed by atoms with E-state index in [1.54, 1.807) is 24.3 Å². The van der Waals surface area contributed by atoms with Crippen LogP contribution in [0.1, 0.15) is 28.8 Å². The average Bonchev–Trinajstić information content (AvgIpc) is 2.65. The summed E-state index contributed by atoms with van der Waals surface area (Å²) in [5.41, 5.74) is 1.46. The normalized spacial score (nSPS) is 15.0. The second-order valence-electron chi connectivity index (χ2n) is 6.30. The zero-order valence-electron chi connectivity index (χ0n) is 14.0. The largest absolute Gasteiger partial charge is 0.349 e. The molecule has 1 saturated heterocycles. The van der Waals surface area contributed by atoms with Crippen molar-refractivity contribution in [3.8, 4) is 0 Å². The Morgan fingerprint density at radius 2 is 1.64 bits per heavy atom. The van der Waals surface area contributed by atoms with Gasteiger partial charge in [0.2, 0.25) is 5.91 Å². The van der Waals surface area contributed by atoms with E-state index in [0.29, 0.717) is 18.7 Å². The highest BCUT2D eigenvalue weighted by Gasteiger charge is 2.24. The van der Waals surface area contributed by atoms with Crippen molar-refractivity contribution >= 4 is 11.8 Å². The van der Waals surface area contributed by atoms with Crippen molar-refractivity contribution in [2.45, 2.75) is 25.3 Å². The molecule has 3 rings (SSSR count). The van der Waals surface area contributed by atoms with Gasteiger partial charge in [-0.25, -0.2) is 4.39 Å². The van der Waals surface area contributed by atoms with E-state index in [1.165, 1.54) is 12.1 Å². The molecule has 0 bridgehead atoms. The van der Waals surface area contributed by atoms with Crippen LogP contribution in [0.25, 0.3) is 0 Å². The minimum Gasteiger partial charge on any atom is -0.349 e. The van der Waals surface area contributed by atoms with Crippen molar-refractivity contribution in [1.82, 2.24) is 10.2 Å². The molecule has 5 heteroatoms. The fourth-order valence-electron chi connectivity index (χ4n) is 3.02. The fourth-order valence-corrected chi connectivity index (χ4v) is 3.02. The summed E-state index contributed by atoms with van der Waals surface area (Å²) in [6.45, 7) is 1.25. The third kappa shape index (κ3) is 4.66. The molecule has 25 heavy (non-hydrogen) atoms. The molecule has 1 aliphatic heterocycles. The summed E-state index contributed by atoms with van der Waals surface area (Å²) in [5.74, 6) is -0.331. The number of benzene rings is 2. The fraction of sp³-hybridized carbons (Fsp3) is 0.300. The summed E-state index contributed by atoms with van der Waals surface area (Å²) in [6, 6.07) is 15.2. The van der Waals surface area contributed by atoms with Crippen molar-refractivity contribution in [2.24, 2.45) is 0 Å². The molecule has 0 saturated carbocycles. The van der Waals surface area contributed by atoms with Gasteiger partial charge in [0.15, 0.2) is 0 Å². The first-order valence-electron chi connectivity index (χ1n) is 8.50. The van der Waals surface area contributed by atoms with Gasteiger partial charge >= 0.3 is 0 Å². The molecule has 0 atom stereocenters. The lowest BCUT2D eigenvalue weighted by Gasteiger charge is -2.32. The lowest BCUT2D eigenvalue weighted by atomic mass is 10.0. The van der Waals surface area contributed by atoms with Gasteiger partial charge in [0.1, 0.15) is 5.82 Å². The zero-order chi connectivity index (χ0) is 17.6. The zero-order valence-corrected chi connectivity index (χ0v) is 14.0. The highest BCUT2D eigenvalue weighted by atomic mass is 19.1. The Labute approximate surface area is 146 Å². The maximum Gasteiger partial charge on any atom is 0.251 e. The number of halogens is 1. The van der Waals surface area contributed by atoms with Crippen molar-refractivity contribution in [1.29, 1.82) is 0 Å². The summed E-state index contributed by atoms with van der Waals surface area (Å²) in [5, 5.41) is 3.03. The van der Waals surface area contributed by atoms with E-state index in [1.807, 2.05) is 23.1 Å². The summed E-state index contributed by atoms with van der Waals surface area (Å²) in [4.78, 5) is 26.3. The van der Waals surface area contributed by atoms with Crippen molar-refractivity contribution in [3.05, 3.63) is 71.5 Å². The SMILES string of the molecule is O=C(NC1CCN(C(=O)Cc2ccc(F)cc2)CC1)c1ccccc1. The number of carbonyl (C=O) groups is 2. The number of piperidine rings is 1. The molecule has 0 unspecified atom stereocenters. The van der Waals surface area contributed by atoms with Gasteiger partial charge in [-0.15, -0.1) is 0 Å². The van der Waals surface area contributed by atoms with E-state index in [-0.39, 0.29) is 30.1 Å². The molecule has 0 radical (unpaired) electrons. The van der Waals surface area contributed by atoms with Crippen LogP contribution in [0.3, 0.4) is 0 Å². The molecule has 1 heterocycles. The Morgan fingerprint density at radius 3 is 2.28 bits per heavy atom. The maximum atomic E-state index is 12.9. The number of rotatable bonds is 4. The van der Waals surface area contributed by atoms with Crippen molar-refractivity contribution < 1.29 is 14.0 Å². The first-order chi connectivity index (χ1) is 12.1. The van der Waals surface area contributed by atoms with Gasteiger partial charge in [-0.05, 0) is 42.7 Å². The third-order valence-electron chi connectivity index (χ3n) is 4.49. The van der Waals surface area contributed by atoms with Gasteiger partial charge in [-0.2, -0.15) is 0 Å². The maximum absolute atomic E-state index is 12.9. The van der Waals surface area contributed by atoms with E-state index in [9.17, 15) is 14.0 Å². The number of amides is 2. The summed E-state index contributed by atoms with van der Waals surface area (Å²) >= 11 is 0. The van der Waals surface area contributed by atoms with Crippen LogP contribution in [0.2, 0.25) is 0 Å². The first-order valence-corrected chi connectivity index (χ1v) is 8.50. The second kappa shape index (κ2) is 7.92. The molecule has 1 fully saturated rings. The molecule has 0 aliphatic carbocycles. The number of nitrogens with zero attached hydrogens (tertiary/aromatic N) is 1. The molecule has 130 valence electrons. The highest BCUT2D eigenvalue weighted by molar-refractivity contribution is 5.94. The first kappa shape index (κ1) is 17.1. The Hall–Kier alpha value is -2.69. The summed E-state index contributed by atoms with van der Waals surface area (Å²) in [7, 11) is 0. The molecule has 0 spiro atoms. The van der Waals surface area contributed by atoms with Crippen LogP contribution in [0.5, 0.6) is 0 Å². The summed E-state index contributed by atoms with van der Waals surface area (Å²) < 4.78 is 12.9. The van der Waals surface area contributed by atoms with Crippen molar-refractivity contribution in [3.63, 3.8) is 0 Å². The van der Waals surface area contributed by atoms with Gasteiger partial charge in [-0.1, -0.05) is 30.3 Å². The van der Waals surface area contributed by atoms with E-state index in [2.05, 4.69) is 5.32 Å². The highest BCUT2D eigenvalue weighted by Crippen LogP contribution is 2.14. The molecule has 2 amide bonds. The Kier molecular flexibility index (Phi) is 5.43. The molecule has 0 aromatic heterocycles. The second-order valence-corrected chi connectivity index (χ2v) is 6.30. The Morgan fingerprint density at radius 1 is 1.00 bits per heavy atom.